The first-order valence-electron chi connectivity index (χ1n) is 4.81. The van der Waals surface area contributed by atoms with Gasteiger partial charge in [0.2, 0.25) is 3.79 Å². The number of allylic oxidation sites excluding steroid dienone is 2. The summed E-state index contributed by atoms with van der Waals surface area (Å²) in [5.41, 5.74) is -0.788. The van der Waals surface area contributed by atoms with E-state index in [4.69, 9.17) is 34.8 Å². The third kappa shape index (κ3) is 3.95. The minimum atomic E-state index is -1.72. The molecule has 1 N–H and O–H groups in total. The summed E-state index contributed by atoms with van der Waals surface area (Å²) in [7, 11) is 2.21. The lowest BCUT2D eigenvalue weighted by atomic mass is 10.00. The summed E-state index contributed by atoms with van der Waals surface area (Å²) in [6.07, 6.45) is 4.64. The van der Waals surface area contributed by atoms with Gasteiger partial charge in [0, 0.05) is 12.2 Å². The van der Waals surface area contributed by atoms with Gasteiger partial charge in [0.05, 0.1) is 4.92 Å². The number of aliphatic hydroxyl groups is 1. The summed E-state index contributed by atoms with van der Waals surface area (Å²) in [4.78, 5) is 10.3. The quantitative estimate of drug-likeness (QED) is 0.273. The van der Waals surface area contributed by atoms with Crippen LogP contribution in [0.15, 0.2) is 23.9 Å². The number of hydrogen-bond donors (Lipinski definition) is 1. The fourth-order valence-corrected chi connectivity index (χ4v) is 4.82. The van der Waals surface area contributed by atoms with Crippen molar-refractivity contribution in [2.45, 2.75) is 27.3 Å². The smallest absolute Gasteiger partial charge is 0.266 e. The topological polar surface area (TPSA) is 63.4 Å². The molecule has 0 spiro atoms. The van der Waals surface area contributed by atoms with Crippen LogP contribution in [0.3, 0.4) is 0 Å². The van der Waals surface area contributed by atoms with E-state index in [-0.39, 0.29) is 5.70 Å². The van der Waals surface area contributed by atoms with Crippen LogP contribution in [0, 0.1) is 10.1 Å². The lowest BCUT2D eigenvalue weighted by Gasteiger charge is -2.36. The third-order valence-electron chi connectivity index (χ3n) is 2.12. The predicted molar refractivity (Wildman–Crippen MR) is 78.7 cm³/mol. The maximum Gasteiger partial charge on any atom is 0.266 e. The molecule has 102 valence electrons. The van der Waals surface area contributed by atoms with Crippen LogP contribution in [0.5, 0.6) is 0 Å². The van der Waals surface area contributed by atoms with E-state index in [0.717, 1.165) is 21.6 Å². The zero-order valence-electron chi connectivity index (χ0n) is 9.18. The van der Waals surface area contributed by atoms with Crippen molar-refractivity contribution in [3.8, 4) is 0 Å². The van der Waals surface area contributed by atoms with Gasteiger partial charge in [-0.25, -0.2) is 0 Å². The third-order valence-corrected chi connectivity index (χ3v) is 6.74. The van der Waals surface area contributed by atoms with Crippen molar-refractivity contribution >= 4 is 56.4 Å². The van der Waals surface area contributed by atoms with Crippen LogP contribution in [0.25, 0.3) is 0 Å². The molecular formula is C9H10Cl3NO3S2. The van der Waals surface area contributed by atoms with E-state index in [2.05, 4.69) is 0 Å². The van der Waals surface area contributed by atoms with Crippen LogP contribution < -0.4 is 0 Å². The van der Waals surface area contributed by atoms with E-state index in [9.17, 15) is 15.2 Å². The monoisotopic (exact) mass is 349 g/mol. The highest BCUT2D eigenvalue weighted by atomic mass is 35.6. The van der Waals surface area contributed by atoms with Crippen LogP contribution >= 0.6 is 56.4 Å². The highest BCUT2D eigenvalue weighted by Crippen LogP contribution is 2.56. The fraction of sp³-hybridized carbons (Fsp3) is 0.556. The molecule has 0 aromatic rings. The average molecular weight is 351 g/mol. The van der Waals surface area contributed by atoms with Gasteiger partial charge in [-0.2, -0.15) is 0 Å². The molecule has 0 heterocycles. The number of halogens is 3. The van der Waals surface area contributed by atoms with Gasteiger partial charge in [-0.3, -0.25) is 10.1 Å². The number of alkyl halides is 3. The summed E-state index contributed by atoms with van der Waals surface area (Å²) in [6.45, 7) is 1.57. The molecule has 1 rings (SSSR count). The molecule has 9 heteroatoms. The molecule has 0 aliphatic heterocycles. The van der Waals surface area contributed by atoms with Crippen LogP contribution in [-0.2, 0) is 0 Å². The first kappa shape index (κ1) is 16.5. The highest BCUT2D eigenvalue weighted by molar-refractivity contribution is 8.77. The van der Waals surface area contributed by atoms with E-state index in [0.29, 0.717) is 6.42 Å². The average Bonchev–Trinajstić information content (AvgIpc) is 2.25. The molecule has 0 saturated heterocycles. The lowest BCUT2D eigenvalue weighted by molar-refractivity contribution is -0.419. The van der Waals surface area contributed by atoms with Crippen molar-refractivity contribution in [3.05, 3.63) is 34.0 Å². The zero-order valence-corrected chi connectivity index (χ0v) is 13.1. The molecule has 0 radical (unpaired) electrons. The Balaban J connectivity index is 3.07. The molecule has 2 atom stereocenters. The molecule has 0 saturated carbocycles. The minimum absolute atomic E-state index is 0.119. The van der Waals surface area contributed by atoms with Crippen LogP contribution in [0.1, 0.15) is 13.3 Å². The first-order valence-corrected chi connectivity index (χ1v) is 8.16. The Morgan fingerprint density at radius 2 is 2.22 bits per heavy atom. The largest absolute Gasteiger partial charge is 0.382 e. The minimum Gasteiger partial charge on any atom is -0.382 e. The Hall–Kier alpha value is 0.410. The Bertz CT molecular complexity index is 395. The lowest BCUT2D eigenvalue weighted by Crippen LogP contribution is -2.38. The molecule has 18 heavy (non-hydrogen) atoms. The molecule has 4 nitrogen and oxygen atoms in total. The molecule has 1 aliphatic carbocycles. The Labute approximate surface area is 127 Å². The van der Waals surface area contributed by atoms with Gasteiger partial charge in [-0.05, 0) is 13.3 Å². The molecule has 0 fully saturated rings. The molecule has 1 aliphatic rings. The first-order chi connectivity index (χ1) is 8.18. The van der Waals surface area contributed by atoms with E-state index >= 15 is 0 Å². The van der Waals surface area contributed by atoms with Crippen molar-refractivity contribution in [3.63, 3.8) is 0 Å². The second-order valence-electron chi connectivity index (χ2n) is 3.60. The summed E-state index contributed by atoms with van der Waals surface area (Å²) < 4.78 is -2.79. The highest BCUT2D eigenvalue weighted by Gasteiger charge is 2.50. The summed E-state index contributed by atoms with van der Waals surface area (Å²) in [5.74, 6) is 0. The normalized spacial score (nSPS) is 25.7. The summed E-state index contributed by atoms with van der Waals surface area (Å²) in [6, 6.07) is 0. The molecule has 2 unspecified atom stereocenters. The van der Waals surface area contributed by atoms with Gasteiger partial charge in [-0.1, -0.05) is 62.5 Å². The number of nitro groups is 1. The molecular weight excluding hydrogens is 341 g/mol. The van der Waals surface area contributed by atoms with Gasteiger partial charge in [0.1, 0.15) is 10.2 Å². The van der Waals surface area contributed by atoms with Crippen molar-refractivity contribution in [1.29, 1.82) is 0 Å². The molecule has 0 aromatic heterocycles. The molecule has 0 aromatic carbocycles. The predicted octanol–water partition coefficient (Wildman–Crippen LogP) is 3.94. The van der Waals surface area contributed by atoms with Crippen molar-refractivity contribution < 1.29 is 10.0 Å². The van der Waals surface area contributed by atoms with Crippen molar-refractivity contribution in [2.24, 2.45) is 0 Å². The zero-order chi connectivity index (χ0) is 14.0. The number of rotatable bonds is 4. The number of aliphatic hydroxyl groups excluding tert-OH is 1. The second kappa shape index (κ2) is 6.24. The standard InChI is InChI=1S/C9H10Cl3NO3S2/c1-6(14)17-18-8(9(10,11)12)4-2-3-7(5-8)13(15)16/h2-3,5-6,14H,4H2,1H3. The van der Waals surface area contributed by atoms with E-state index in [1.807, 2.05) is 0 Å². The number of nitrogens with zero attached hydrogens (tertiary/aromatic N) is 1. The van der Waals surface area contributed by atoms with Crippen molar-refractivity contribution in [2.75, 3.05) is 0 Å². The van der Waals surface area contributed by atoms with Gasteiger partial charge in [0.15, 0.2) is 0 Å². The maximum atomic E-state index is 10.8. The Kier molecular flexibility index (Phi) is 5.71. The van der Waals surface area contributed by atoms with E-state index < -0.39 is 18.9 Å². The van der Waals surface area contributed by atoms with E-state index in [1.54, 1.807) is 13.0 Å². The molecule has 0 bridgehead atoms. The Morgan fingerprint density at radius 1 is 1.61 bits per heavy atom. The summed E-state index contributed by atoms with van der Waals surface area (Å²) in [5, 5.41) is 20.1. The van der Waals surface area contributed by atoms with E-state index in [1.165, 1.54) is 12.2 Å². The van der Waals surface area contributed by atoms with Gasteiger partial charge >= 0.3 is 0 Å². The Morgan fingerprint density at radius 3 is 2.67 bits per heavy atom. The fourth-order valence-electron chi connectivity index (χ4n) is 1.27. The van der Waals surface area contributed by atoms with Crippen LogP contribution in [0.2, 0.25) is 0 Å². The van der Waals surface area contributed by atoms with Gasteiger partial charge in [0.25, 0.3) is 5.70 Å². The van der Waals surface area contributed by atoms with Crippen LogP contribution in [-0.4, -0.2) is 24.0 Å². The number of hydrogen-bond acceptors (Lipinski definition) is 5. The summed E-state index contributed by atoms with van der Waals surface area (Å²) >= 11 is 17.8. The van der Waals surface area contributed by atoms with Crippen molar-refractivity contribution in [1.82, 2.24) is 0 Å². The SMILES string of the molecule is CC(O)SSC1(C(Cl)(Cl)Cl)C=C([N+](=O)[O-])C=CC1. The second-order valence-corrected chi connectivity index (χ2v) is 8.73. The molecule has 0 amide bonds. The van der Waals surface area contributed by atoms with Gasteiger partial charge < -0.3 is 5.11 Å². The van der Waals surface area contributed by atoms with Crippen LogP contribution in [0.4, 0.5) is 0 Å². The maximum absolute atomic E-state index is 10.8. The van der Waals surface area contributed by atoms with Gasteiger partial charge in [-0.15, -0.1) is 0 Å².